The zero-order valence-electron chi connectivity index (χ0n) is 12.4. The number of carbonyl (C=O) groups excluding carboxylic acids is 2. The third kappa shape index (κ3) is 2.11. The van der Waals surface area contributed by atoms with Crippen LogP contribution in [0.15, 0.2) is 78.9 Å². The smallest absolute Gasteiger partial charge is 0.193 e. The van der Waals surface area contributed by atoms with E-state index in [2.05, 4.69) is 0 Å². The van der Waals surface area contributed by atoms with Crippen molar-refractivity contribution in [2.75, 3.05) is 0 Å². The van der Waals surface area contributed by atoms with Crippen LogP contribution < -0.4 is 0 Å². The molecule has 1 aliphatic rings. The second-order valence-electron chi connectivity index (χ2n) is 5.67. The van der Waals surface area contributed by atoms with Crippen LogP contribution in [0, 0.1) is 0 Å². The van der Waals surface area contributed by atoms with E-state index in [9.17, 15) is 9.59 Å². The minimum absolute atomic E-state index is 0.00619. The van der Waals surface area contributed by atoms with E-state index < -0.39 is 5.92 Å². The van der Waals surface area contributed by atoms with Crippen molar-refractivity contribution in [3.63, 3.8) is 0 Å². The Morgan fingerprint density at radius 2 is 1.13 bits per heavy atom. The van der Waals surface area contributed by atoms with E-state index in [0.29, 0.717) is 16.7 Å². The molecule has 0 bridgehead atoms. The number of hydrogen-bond donors (Lipinski definition) is 0. The summed E-state index contributed by atoms with van der Waals surface area (Å²) in [5.74, 6) is -0.409. The quantitative estimate of drug-likeness (QED) is 0.663. The van der Waals surface area contributed by atoms with E-state index in [1.54, 1.807) is 12.1 Å². The molecule has 23 heavy (non-hydrogen) atoms. The first-order chi connectivity index (χ1) is 11.3. The molecule has 0 N–H and O–H groups in total. The maximum absolute atomic E-state index is 13.1. The second kappa shape index (κ2) is 5.33. The molecule has 3 aromatic carbocycles. The SMILES string of the molecule is O=C1c2ccccc2C(C(=O)c2ccccc2)c2ccccc21. The molecule has 3 aromatic rings. The fourth-order valence-corrected chi connectivity index (χ4v) is 3.28. The normalized spacial score (nSPS) is 13.3. The molecule has 0 heterocycles. The third-order valence-corrected chi connectivity index (χ3v) is 4.35. The van der Waals surface area contributed by atoms with Crippen LogP contribution in [0.25, 0.3) is 0 Å². The van der Waals surface area contributed by atoms with Crippen molar-refractivity contribution in [2.24, 2.45) is 0 Å². The van der Waals surface area contributed by atoms with Gasteiger partial charge in [0.2, 0.25) is 0 Å². The second-order valence-corrected chi connectivity index (χ2v) is 5.67. The molecule has 0 amide bonds. The topological polar surface area (TPSA) is 34.1 Å². The van der Waals surface area contributed by atoms with Crippen molar-refractivity contribution < 1.29 is 9.59 Å². The van der Waals surface area contributed by atoms with Gasteiger partial charge in [-0.3, -0.25) is 9.59 Å². The van der Waals surface area contributed by atoms with Crippen LogP contribution in [-0.4, -0.2) is 11.6 Å². The number of rotatable bonds is 2. The van der Waals surface area contributed by atoms with Gasteiger partial charge >= 0.3 is 0 Å². The molecule has 0 saturated heterocycles. The molecule has 2 nitrogen and oxygen atoms in total. The molecular formula is C21H14O2. The number of benzene rings is 3. The Hall–Kier alpha value is -3.00. The van der Waals surface area contributed by atoms with E-state index in [1.165, 1.54) is 0 Å². The molecule has 4 rings (SSSR count). The fourth-order valence-electron chi connectivity index (χ4n) is 3.28. The van der Waals surface area contributed by atoms with Crippen LogP contribution in [0.4, 0.5) is 0 Å². The summed E-state index contributed by atoms with van der Waals surface area (Å²) in [5.41, 5.74) is 3.51. The first kappa shape index (κ1) is 13.6. The Labute approximate surface area is 134 Å². The fraction of sp³-hybridized carbons (Fsp3) is 0.0476. The van der Waals surface area contributed by atoms with Gasteiger partial charge in [0.25, 0.3) is 0 Å². The molecule has 110 valence electrons. The summed E-state index contributed by atoms with van der Waals surface area (Å²) in [6.45, 7) is 0. The lowest BCUT2D eigenvalue weighted by Crippen LogP contribution is -2.25. The van der Waals surface area contributed by atoms with Crippen LogP contribution in [0.5, 0.6) is 0 Å². The summed E-state index contributed by atoms with van der Waals surface area (Å²) in [7, 11) is 0. The average Bonchev–Trinajstić information content (AvgIpc) is 2.63. The largest absolute Gasteiger partial charge is 0.293 e. The number of fused-ring (bicyclic) bond motifs is 2. The standard InChI is InChI=1S/C21H14O2/c22-20(14-8-2-1-3-9-14)19-15-10-4-6-12-17(15)21(23)18-13-7-5-11-16(18)19/h1-13,19H. The van der Waals surface area contributed by atoms with Crippen molar-refractivity contribution in [3.8, 4) is 0 Å². The molecule has 0 aromatic heterocycles. The molecule has 0 saturated carbocycles. The summed E-state index contributed by atoms with van der Waals surface area (Å²) >= 11 is 0. The molecule has 0 spiro atoms. The van der Waals surface area contributed by atoms with Crippen LogP contribution in [-0.2, 0) is 0 Å². The molecule has 1 aliphatic carbocycles. The van der Waals surface area contributed by atoms with Gasteiger partial charge in [0, 0.05) is 16.7 Å². The predicted octanol–water partition coefficient (Wildman–Crippen LogP) is 4.25. The van der Waals surface area contributed by atoms with Gasteiger partial charge in [0.15, 0.2) is 11.6 Å². The molecule has 0 radical (unpaired) electrons. The first-order valence-corrected chi connectivity index (χ1v) is 7.59. The van der Waals surface area contributed by atoms with Gasteiger partial charge in [0.05, 0.1) is 5.92 Å². The van der Waals surface area contributed by atoms with Crippen LogP contribution in [0.2, 0.25) is 0 Å². The Morgan fingerprint density at radius 1 is 0.652 bits per heavy atom. The highest BCUT2D eigenvalue weighted by Gasteiger charge is 2.35. The van der Waals surface area contributed by atoms with Crippen LogP contribution in [0.3, 0.4) is 0 Å². The van der Waals surface area contributed by atoms with Crippen LogP contribution >= 0.6 is 0 Å². The van der Waals surface area contributed by atoms with Gasteiger partial charge in [-0.25, -0.2) is 0 Å². The minimum atomic E-state index is -0.428. The average molecular weight is 298 g/mol. The van der Waals surface area contributed by atoms with Gasteiger partial charge in [-0.2, -0.15) is 0 Å². The van der Waals surface area contributed by atoms with Crippen LogP contribution in [0.1, 0.15) is 43.3 Å². The monoisotopic (exact) mass is 298 g/mol. The first-order valence-electron chi connectivity index (χ1n) is 7.59. The highest BCUT2D eigenvalue weighted by Crippen LogP contribution is 2.38. The zero-order valence-corrected chi connectivity index (χ0v) is 12.4. The van der Waals surface area contributed by atoms with E-state index in [4.69, 9.17) is 0 Å². The van der Waals surface area contributed by atoms with E-state index in [0.717, 1.165) is 11.1 Å². The summed E-state index contributed by atoms with van der Waals surface area (Å²) < 4.78 is 0. The Bertz CT molecular complexity index is 860. The molecule has 0 unspecified atom stereocenters. The Balaban J connectivity index is 1.95. The minimum Gasteiger partial charge on any atom is -0.293 e. The number of ketones is 2. The summed E-state index contributed by atoms with van der Waals surface area (Å²) in [6.07, 6.45) is 0. The van der Waals surface area contributed by atoms with E-state index in [-0.39, 0.29) is 11.6 Å². The molecule has 2 heteroatoms. The van der Waals surface area contributed by atoms with E-state index in [1.807, 2.05) is 66.7 Å². The van der Waals surface area contributed by atoms with Crippen molar-refractivity contribution in [2.45, 2.75) is 5.92 Å². The zero-order chi connectivity index (χ0) is 15.8. The summed E-state index contributed by atoms with van der Waals surface area (Å²) in [4.78, 5) is 25.8. The van der Waals surface area contributed by atoms with Crippen molar-refractivity contribution >= 4 is 11.6 Å². The van der Waals surface area contributed by atoms with Crippen molar-refractivity contribution in [1.82, 2.24) is 0 Å². The van der Waals surface area contributed by atoms with E-state index >= 15 is 0 Å². The summed E-state index contributed by atoms with van der Waals surface area (Å²) in [6, 6.07) is 24.1. The molecule has 0 atom stereocenters. The third-order valence-electron chi connectivity index (χ3n) is 4.35. The van der Waals surface area contributed by atoms with Gasteiger partial charge in [0.1, 0.15) is 0 Å². The van der Waals surface area contributed by atoms with Gasteiger partial charge in [-0.05, 0) is 11.1 Å². The summed E-state index contributed by atoms with van der Waals surface area (Å²) in [5, 5.41) is 0. The lowest BCUT2D eigenvalue weighted by atomic mass is 9.74. The van der Waals surface area contributed by atoms with Crippen molar-refractivity contribution in [3.05, 3.63) is 107 Å². The molecular weight excluding hydrogens is 284 g/mol. The van der Waals surface area contributed by atoms with Gasteiger partial charge in [-0.1, -0.05) is 78.9 Å². The molecule has 0 aliphatic heterocycles. The van der Waals surface area contributed by atoms with Gasteiger partial charge < -0.3 is 0 Å². The maximum atomic E-state index is 13.1. The lowest BCUT2D eigenvalue weighted by molar-refractivity contribution is 0.0968. The Morgan fingerprint density at radius 3 is 1.70 bits per heavy atom. The van der Waals surface area contributed by atoms with Gasteiger partial charge in [-0.15, -0.1) is 0 Å². The highest BCUT2D eigenvalue weighted by atomic mass is 16.1. The number of Topliss-reactive ketones (excluding diaryl/α,β-unsaturated/α-hetero) is 1. The lowest BCUT2D eigenvalue weighted by Gasteiger charge is -2.26. The maximum Gasteiger partial charge on any atom is 0.193 e. The molecule has 0 fully saturated rings. The predicted molar refractivity (Wildman–Crippen MR) is 88.9 cm³/mol. The highest BCUT2D eigenvalue weighted by molar-refractivity contribution is 6.17. The number of carbonyl (C=O) groups is 2. The Kier molecular flexibility index (Phi) is 3.16. The van der Waals surface area contributed by atoms with Crippen molar-refractivity contribution in [1.29, 1.82) is 0 Å². The number of hydrogen-bond acceptors (Lipinski definition) is 2.